The zero-order valence-electron chi connectivity index (χ0n) is 9.02. The number of aliphatic hydroxyl groups excluding tert-OH is 2. The number of ether oxygens (including phenoxy) is 1. The zero-order chi connectivity index (χ0) is 12.9. The monoisotopic (exact) mass is 253 g/mol. The molecule has 0 aliphatic rings. The van der Waals surface area contributed by atoms with Crippen LogP contribution in [0.25, 0.3) is 0 Å². The molecule has 0 saturated carbocycles. The number of hydrogen-bond acceptors (Lipinski definition) is 3. The normalized spacial score (nSPS) is 13.9. The van der Waals surface area contributed by atoms with Crippen LogP contribution in [0.3, 0.4) is 0 Å². The lowest BCUT2D eigenvalue weighted by Crippen LogP contribution is -2.19. The van der Waals surface area contributed by atoms with Gasteiger partial charge in [-0.3, -0.25) is 0 Å². The number of hydrogen-bond donors (Lipinski definition) is 2. The van der Waals surface area contributed by atoms with E-state index in [9.17, 15) is 13.2 Å². The Kier molecular flexibility index (Phi) is 4.98. The van der Waals surface area contributed by atoms with Crippen molar-refractivity contribution in [3.8, 4) is 0 Å². The summed E-state index contributed by atoms with van der Waals surface area (Å²) in [5.74, 6) is 0. The molecule has 0 radical (unpaired) electrons. The highest BCUT2D eigenvalue weighted by Gasteiger charge is 2.39. The molecule has 1 unspecified atom stereocenters. The Bertz CT molecular complexity index is 338. The summed E-state index contributed by atoms with van der Waals surface area (Å²) in [6.07, 6.45) is -4.45. The SMILES string of the molecule is OCCOCCn1ccc(C(O)C(F)(F)F)c1. The van der Waals surface area contributed by atoms with Gasteiger partial charge in [-0.25, -0.2) is 0 Å². The highest BCUT2D eigenvalue weighted by Crippen LogP contribution is 2.32. The first-order valence-electron chi connectivity index (χ1n) is 5.04. The van der Waals surface area contributed by atoms with Crippen molar-refractivity contribution in [3.63, 3.8) is 0 Å². The van der Waals surface area contributed by atoms with E-state index in [2.05, 4.69) is 0 Å². The van der Waals surface area contributed by atoms with Gasteiger partial charge in [0.15, 0.2) is 6.10 Å². The number of rotatable bonds is 6. The van der Waals surface area contributed by atoms with E-state index < -0.39 is 12.3 Å². The van der Waals surface area contributed by atoms with Crippen molar-refractivity contribution in [1.82, 2.24) is 4.57 Å². The van der Waals surface area contributed by atoms with Crippen molar-refractivity contribution in [2.45, 2.75) is 18.8 Å². The molecule has 1 aromatic rings. The predicted molar refractivity (Wildman–Crippen MR) is 53.4 cm³/mol. The summed E-state index contributed by atoms with van der Waals surface area (Å²) < 4.78 is 43.0. The van der Waals surface area contributed by atoms with Gasteiger partial charge in [-0.2, -0.15) is 13.2 Å². The number of aromatic nitrogens is 1. The molecule has 0 amide bonds. The fraction of sp³-hybridized carbons (Fsp3) is 0.600. The largest absolute Gasteiger partial charge is 0.418 e. The maximum absolute atomic E-state index is 12.2. The molecule has 4 nitrogen and oxygen atoms in total. The van der Waals surface area contributed by atoms with Crippen molar-refractivity contribution in [1.29, 1.82) is 0 Å². The van der Waals surface area contributed by atoms with E-state index in [0.29, 0.717) is 6.54 Å². The Hall–Kier alpha value is -1.05. The van der Waals surface area contributed by atoms with E-state index in [4.69, 9.17) is 14.9 Å². The number of halogens is 3. The third-order valence-electron chi connectivity index (χ3n) is 2.13. The van der Waals surface area contributed by atoms with Crippen LogP contribution in [0.2, 0.25) is 0 Å². The molecular weight excluding hydrogens is 239 g/mol. The fourth-order valence-electron chi connectivity index (χ4n) is 1.29. The summed E-state index contributed by atoms with van der Waals surface area (Å²) in [4.78, 5) is 0. The molecule has 0 spiro atoms. The summed E-state index contributed by atoms with van der Waals surface area (Å²) in [6, 6.07) is 1.21. The Morgan fingerprint density at radius 3 is 2.65 bits per heavy atom. The van der Waals surface area contributed by atoms with Crippen LogP contribution in [0, 0.1) is 0 Å². The van der Waals surface area contributed by atoms with Crippen LogP contribution in [-0.2, 0) is 11.3 Å². The van der Waals surface area contributed by atoms with Gasteiger partial charge >= 0.3 is 6.18 Å². The average molecular weight is 253 g/mol. The maximum Gasteiger partial charge on any atom is 0.418 e. The fourth-order valence-corrected chi connectivity index (χ4v) is 1.29. The minimum absolute atomic E-state index is 0.0935. The molecule has 0 aliphatic heterocycles. The van der Waals surface area contributed by atoms with Crippen LogP contribution >= 0.6 is 0 Å². The lowest BCUT2D eigenvalue weighted by Gasteiger charge is -2.12. The Labute approximate surface area is 96.2 Å². The van der Waals surface area contributed by atoms with Crippen molar-refractivity contribution < 1.29 is 28.1 Å². The second kappa shape index (κ2) is 6.04. The van der Waals surface area contributed by atoms with E-state index in [1.54, 1.807) is 0 Å². The van der Waals surface area contributed by atoms with Crippen molar-refractivity contribution in [2.75, 3.05) is 19.8 Å². The summed E-state index contributed by atoms with van der Waals surface area (Å²) in [5.41, 5.74) is -0.195. The third kappa shape index (κ3) is 4.37. The van der Waals surface area contributed by atoms with Crippen molar-refractivity contribution in [2.24, 2.45) is 0 Å². The van der Waals surface area contributed by atoms with Gasteiger partial charge in [-0.15, -0.1) is 0 Å². The van der Waals surface area contributed by atoms with Gasteiger partial charge in [-0.1, -0.05) is 0 Å². The molecule has 2 N–H and O–H groups in total. The van der Waals surface area contributed by atoms with E-state index in [0.717, 1.165) is 0 Å². The van der Waals surface area contributed by atoms with Crippen LogP contribution < -0.4 is 0 Å². The van der Waals surface area contributed by atoms with Crippen LogP contribution in [0.5, 0.6) is 0 Å². The van der Waals surface area contributed by atoms with E-state index in [1.807, 2.05) is 0 Å². The number of aliphatic hydroxyl groups is 2. The molecule has 17 heavy (non-hydrogen) atoms. The minimum Gasteiger partial charge on any atom is -0.394 e. The quantitative estimate of drug-likeness (QED) is 0.746. The molecule has 98 valence electrons. The summed E-state index contributed by atoms with van der Waals surface area (Å²) >= 11 is 0. The second-order valence-electron chi connectivity index (χ2n) is 3.46. The molecule has 0 saturated heterocycles. The molecule has 0 fully saturated rings. The standard InChI is InChI=1S/C10H14F3NO3/c11-10(12,13)9(16)8-1-2-14(7-8)3-5-17-6-4-15/h1-2,7,9,15-16H,3-6H2. The molecule has 1 rings (SSSR count). The summed E-state index contributed by atoms with van der Waals surface area (Å²) in [6.45, 7) is 0.754. The Balaban J connectivity index is 2.48. The van der Waals surface area contributed by atoms with Crippen LogP contribution in [0.15, 0.2) is 18.5 Å². The average Bonchev–Trinajstić information content (AvgIpc) is 2.70. The summed E-state index contributed by atoms with van der Waals surface area (Å²) in [7, 11) is 0. The molecule has 1 aromatic heterocycles. The summed E-state index contributed by atoms with van der Waals surface area (Å²) in [5, 5.41) is 17.4. The van der Waals surface area contributed by atoms with Gasteiger partial charge in [0.25, 0.3) is 0 Å². The number of alkyl halides is 3. The number of nitrogens with zero attached hydrogens (tertiary/aromatic N) is 1. The topological polar surface area (TPSA) is 54.6 Å². The molecular formula is C10H14F3NO3. The highest BCUT2D eigenvalue weighted by molar-refractivity contribution is 5.15. The highest BCUT2D eigenvalue weighted by atomic mass is 19.4. The first-order valence-corrected chi connectivity index (χ1v) is 5.04. The van der Waals surface area contributed by atoms with Gasteiger partial charge in [0.2, 0.25) is 0 Å². The van der Waals surface area contributed by atoms with Crippen LogP contribution in [0.1, 0.15) is 11.7 Å². The smallest absolute Gasteiger partial charge is 0.394 e. The van der Waals surface area contributed by atoms with Crippen LogP contribution in [0.4, 0.5) is 13.2 Å². The lowest BCUT2D eigenvalue weighted by molar-refractivity contribution is -0.206. The molecule has 1 atom stereocenters. The van der Waals surface area contributed by atoms with Gasteiger partial charge in [-0.05, 0) is 6.07 Å². The van der Waals surface area contributed by atoms with Gasteiger partial charge in [0, 0.05) is 24.5 Å². The van der Waals surface area contributed by atoms with E-state index in [-0.39, 0.29) is 25.4 Å². The van der Waals surface area contributed by atoms with Gasteiger partial charge in [0.1, 0.15) is 0 Å². The predicted octanol–water partition coefficient (Wildman–Crippen LogP) is 1.09. The Morgan fingerprint density at radius 1 is 1.35 bits per heavy atom. The minimum atomic E-state index is -4.65. The first kappa shape index (κ1) is 14.0. The van der Waals surface area contributed by atoms with Crippen LogP contribution in [-0.4, -0.2) is 40.8 Å². The van der Waals surface area contributed by atoms with Crippen molar-refractivity contribution in [3.05, 3.63) is 24.0 Å². The Morgan fingerprint density at radius 2 is 2.06 bits per heavy atom. The molecule has 0 bridgehead atoms. The van der Waals surface area contributed by atoms with Gasteiger partial charge < -0.3 is 19.5 Å². The molecule has 0 aliphatic carbocycles. The molecule has 7 heteroatoms. The lowest BCUT2D eigenvalue weighted by atomic mass is 10.2. The maximum atomic E-state index is 12.2. The van der Waals surface area contributed by atoms with Gasteiger partial charge in [0.05, 0.1) is 19.8 Å². The zero-order valence-corrected chi connectivity index (χ0v) is 9.02. The second-order valence-corrected chi connectivity index (χ2v) is 3.46. The first-order chi connectivity index (χ1) is 7.95. The molecule has 0 aromatic carbocycles. The van der Waals surface area contributed by atoms with E-state index in [1.165, 1.54) is 23.0 Å². The molecule has 1 heterocycles. The van der Waals surface area contributed by atoms with E-state index >= 15 is 0 Å². The third-order valence-corrected chi connectivity index (χ3v) is 2.13. The van der Waals surface area contributed by atoms with Crippen molar-refractivity contribution >= 4 is 0 Å².